The maximum Gasteiger partial charge on any atom is 0.250 e. The van der Waals surface area contributed by atoms with Crippen molar-refractivity contribution >= 4 is 38.6 Å². The van der Waals surface area contributed by atoms with Gasteiger partial charge in [-0.25, -0.2) is 13.1 Å². The molecule has 19 heavy (non-hydrogen) atoms. The van der Waals surface area contributed by atoms with Gasteiger partial charge in [0.1, 0.15) is 9.20 Å². The number of thiophene rings is 1. The summed E-state index contributed by atoms with van der Waals surface area (Å²) in [5.41, 5.74) is 5.47. The van der Waals surface area contributed by atoms with Crippen LogP contribution in [0.15, 0.2) is 16.3 Å². The fourth-order valence-electron chi connectivity index (χ4n) is 1.84. The second-order valence-electron chi connectivity index (χ2n) is 4.32. The van der Waals surface area contributed by atoms with E-state index in [1.807, 2.05) is 0 Å². The summed E-state index contributed by atoms with van der Waals surface area (Å²) < 4.78 is 32.4. The van der Waals surface area contributed by atoms with E-state index in [0.29, 0.717) is 18.0 Å². The van der Waals surface area contributed by atoms with Crippen LogP contribution in [-0.4, -0.2) is 32.7 Å². The third kappa shape index (κ3) is 3.96. The lowest BCUT2D eigenvalue weighted by atomic mass is 10.1. The number of hydrogen-bond acceptors (Lipinski definition) is 5. The quantitative estimate of drug-likeness (QED) is 0.798. The van der Waals surface area contributed by atoms with Crippen LogP contribution < -0.4 is 10.5 Å². The number of sulfonamides is 1. The van der Waals surface area contributed by atoms with Crippen molar-refractivity contribution in [3.8, 4) is 0 Å². The van der Waals surface area contributed by atoms with Gasteiger partial charge in [0.15, 0.2) is 0 Å². The summed E-state index contributed by atoms with van der Waals surface area (Å²) in [6.45, 7) is 1.01. The van der Waals surface area contributed by atoms with E-state index >= 15 is 0 Å². The molecule has 0 radical (unpaired) electrons. The van der Waals surface area contributed by atoms with Crippen LogP contribution in [0.4, 0.5) is 0 Å². The molecule has 0 bridgehead atoms. The third-order valence-corrected chi connectivity index (χ3v) is 6.25. The Morgan fingerprint density at radius 3 is 2.89 bits per heavy atom. The molecule has 106 valence electrons. The molecule has 1 unspecified atom stereocenters. The van der Waals surface area contributed by atoms with Gasteiger partial charge in [-0.2, -0.15) is 0 Å². The summed E-state index contributed by atoms with van der Waals surface area (Å²) in [5, 5.41) is 0. The highest BCUT2D eigenvalue weighted by Crippen LogP contribution is 2.21. The van der Waals surface area contributed by atoms with Crippen molar-refractivity contribution in [2.24, 2.45) is 5.73 Å². The Kier molecular flexibility index (Phi) is 4.91. The smallest absolute Gasteiger partial charge is 0.250 e. The van der Waals surface area contributed by atoms with Gasteiger partial charge in [0.05, 0.1) is 11.0 Å². The van der Waals surface area contributed by atoms with Gasteiger partial charge in [-0.3, -0.25) is 0 Å². The van der Waals surface area contributed by atoms with Crippen LogP contribution in [0.1, 0.15) is 24.1 Å². The lowest BCUT2D eigenvalue weighted by Crippen LogP contribution is -2.35. The van der Waals surface area contributed by atoms with E-state index in [-0.39, 0.29) is 15.3 Å². The zero-order valence-corrected chi connectivity index (χ0v) is 12.7. The van der Waals surface area contributed by atoms with Gasteiger partial charge < -0.3 is 10.5 Å². The predicted octanol–water partition coefficient (Wildman–Crippen LogP) is 1.23. The topological polar surface area (TPSA) is 81.4 Å². The summed E-state index contributed by atoms with van der Waals surface area (Å²) >= 11 is 5.90. The molecular formula is C11H16N2O3S3. The normalized spacial score (nSPS) is 20.3. The summed E-state index contributed by atoms with van der Waals surface area (Å²) in [7, 11) is -3.50. The molecule has 0 saturated carbocycles. The Balaban J connectivity index is 1.98. The van der Waals surface area contributed by atoms with Crippen LogP contribution in [0.2, 0.25) is 0 Å². The van der Waals surface area contributed by atoms with Crippen molar-refractivity contribution in [3.05, 3.63) is 17.0 Å². The second-order valence-corrected chi connectivity index (χ2v) is 7.84. The minimum Gasteiger partial charge on any atom is -0.389 e. The molecule has 1 aliphatic rings. The highest BCUT2D eigenvalue weighted by molar-refractivity contribution is 7.91. The van der Waals surface area contributed by atoms with E-state index in [1.54, 1.807) is 6.07 Å². The van der Waals surface area contributed by atoms with Crippen LogP contribution in [0, 0.1) is 0 Å². The fourth-order valence-corrected chi connectivity index (χ4v) is 4.30. The van der Waals surface area contributed by atoms with Gasteiger partial charge in [0.2, 0.25) is 10.0 Å². The van der Waals surface area contributed by atoms with Crippen molar-refractivity contribution in [1.29, 1.82) is 0 Å². The van der Waals surface area contributed by atoms with E-state index in [9.17, 15) is 8.42 Å². The fraction of sp³-hybridized carbons (Fsp3) is 0.545. The largest absolute Gasteiger partial charge is 0.389 e. The van der Waals surface area contributed by atoms with Crippen LogP contribution in [0.3, 0.4) is 0 Å². The maximum atomic E-state index is 12.1. The first kappa shape index (κ1) is 14.9. The second kappa shape index (κ2) is 6.27. The van der Waals surface area contributed by atoms with E-state index in [4.69, 9.17) is 22.7 Å². The van der Waals surface area contributed by atoms with Crippen LogP contribution in [0.25, 0.3) is 0 Å². The highest BCUT2D eigenvalue weighted by atomic mass is 32.2. The zero-order chi connectivity index (χ0) is 13.9. The van der Waals surface area contributed by atoms with E-state index in [2.05, 4.69) is 4.72 Å². The SMILES string of the molecule is NC(=S)c1ccc(S(=O)(=O)NCC2CCCCO2)s1. The summed E-state index contributed by atoms with van der Waals surface area (Å²) in [5.74, 6) is 0. The Hall–Kier alpha value is -0.540. The molecule has 1 atom stereocenters. The molecular weight excluding hydrogens is 304 g/mol. The number of thiocarbonyl (C=S) groups is 1. The molecule has 8 heteroatoms. The molecule has 1 aromatic rings. The zero-order valence-electron chi connectivity index (χ0n) is 10.3. The molecule has 0 aliphatic carbocycles. The molecule has 0 aromatic carbocycles. The number of hydrogen-bond donors (Lipinski definition) is 2. The molecule has 2 rings (SSSR count). The molecule has 0 spiro atoms. The van der Waals surface area contributed by atoms with Crippen molar-refractivity contribution in [2.75, 3.05) is 13.2 Å². The Morgan fingerprint density at radius 1 is 1.53 bits per heavy atom. The Labute approximate surface area is 122 Å². The molecule has 1 saturated heterocycles. The van der Waals surface area contributed by atoms with E-state index in [1.165, 1.54) is 6.07 Å². The minimum atomic E-state index is -3.50. The average Bonchev–Trinajstić information content (AvgIpc) is 2.88. The van der Waals surface area contributed by atoms with Gasteiger partial charge in [-0.05, 0) is 31.4 Å². The van der Waals surface area contributed by atoms with Crippen LogP contribution in [-0.2, 0) is 14.8 Å². The molecule has 5 nitrogen and oxygen atoms in total. The van der Waals surface area contributed by atoms with Crippen LogP contribution in [0.5, 0.6) is 0 Å². The van der Waals surface area contributed by atoms with Gasteiger partial charge >= 0.3 is 0 Å². The maximum absolute atomic E-state index is 12.1. The van der Waals surface area contributed by atoms with Crippen molar-refractivity contribution < 1.29 is 13.2 Å². The molecule has 1 fully saturated rings. The number of nitrogens with two attached hydrogens (primary N) is 1. The Bertz CT molecular complexity index is 547. The van der Waals surface area contributed by atoms with Crippen molar-refractivity contribution in [1.82, 2.24) is 4.72 Å². The first-order valence-corrected chi connectivity index (χ1v) is 8.71. The number of nitrogens with one attached hydrogen (secondary N) is 1. The van der Waals surface area contributed by atoms with Gasteiger partial charge in [0, 0.05) is 13.2 Å². The Morgan fingerprint density at radius 2 is 2.32 bits per heavy atom. The molecule has 1 aliphatic heterocycles. The first-order valence-electron chi connectivity index (χ1n) is 6.00. The van der Waals surface area contributed by atoms with E-state index in [0.717, 1.165) is 30.6 Å². The van der Waals surface area contributed by atoms with Gasteiger partial charge in [-0.15, -0.1) is 11.3 Å². The number of ether oxygens (including phenoxy) is 1. The molecule has 1 aromatic heterocycles. The summed E-state index contributed by atoms with van der Waals surface area (Å²) in [4.78, 5) is 0.811. The molecule has 0 amide bonds. The summed E-state index contributed by atoms with van der Waals surface area (Å²) in [6, 6.07) is 3.14. The van der Waals surface area contributed by atoms with E-state index < -0.39 is 10.0 Å². The first-order chi connectivity index (χ1) is 8.99. The van der Waals surface area contributed by atoms with Gasteiger partial charge in [0.25, 0.3) is 0 Å². The van der Waals surface area contributed by atoms with Crippen molar-refractivity contribution in [3.63, 3.8) is 0 Å². The number of rotatable bonds is 5. The van der Waals surface area contributed by atoms with Gasteiger partial charge in [-0.1, -0.05) is 12.2 Å². The lowest BCUT2D eigenvalue weighted by Gasteiger charge is -2.22. The molecule has 3 N–H and O–H groups in total. The summed E-state index contributed by atoms with van der Waals surface area (Å²) in [6.07, 6.45) is 2.99. The standard InChI is InChI=1S/C11H16N2O3S3/c12-11(17)9-4-5-10(18-9)19(14,15)13-7-8-3-1-2-6-16-8/h4-5,8,13H,1-3,6-7H2,(H2,12,17). The predicted molar refractivity (Wildman–Crippen MR) is 79.0 cm³/mol. The monoisotopic (exact) mass is 320 g/mol. The van der Waals surface area contributed by atoms with Crippen molar-refractivity contribution in [2.45, 2.75) is 29.6 Å². The lowest BCUT2D eigenvalue weighted by molar-refractivity contribution is 0.0200. The highest BCUT2D eigenvalue weighted by Gasteiger charge is 2.21. The van der Waals surface area contributed by atoms with Crippen LogP contribution >= 0.6 is 23.6 Å². The minimum absolute atomic E-state index is 0.0291. The third-order valence-electron chi connectivity index (χ3n) is 2.86. The molecule has 2 heterocycles. The average molecular weight is 320 g/mol.